The zero-order valence-electron chi connectivity index (χ0n) is 12.7. The Bertz CT molecular complexity index is 548. The number of hydrogen-bond donors (Lipinski definition) is 0. The standard InChI is InChI=1S/C17H22N2O2/c1-12(13-5-6-13)18(2)17(21)14-7-9-15(10-8-14)19-11-3-4-16(19)20/h7-10,12-13H,3-6,11H2,1-2H3. The van der Waals surface area contributed by atoms with Crippen molar-refractivity contribution in [3.8, 4) is 0 Å². The first-order valence-corrected chi connectivity index (χ1v) is 7.75. The Morgan fingerprint density at radius 2 is 1.95 bits per heavy atom. The molecule has 0 spiro atoms. The van der Waals surface area contributed by atoms with Gasteiger partial charge >= 0.3 is 0 Å². The summed E-state index contributed by atoms with van der Waals surface area (Å²) >= 11 is 0. The summed E-state index contributed by atoms with van der Waals surface area (Å²) in [6.07, 6.45) is 4.01. The third-order valence-electron chi connectivity index (χ3n) is 4.73. The summed E-state index contributed by atoms with van der Waals surface area (Å²) in [5, 5.41) is 0. The Morgan fingerprint density at radius 3 is 2.48 bits per heavy atom. The molecule has 112 valence electrons. The lowest BCUT2D eigenvalue weighted by Crippen LogP contribution is -2.36. The Kier molecular flexibility index (Phi) is 3.70. The highest BCUT2D eigenvalue weighted by Crippen LogP contribution is 2.35. The molecule has 2 amide bonds. The zero-order valence-corrected chi connectivity index (χ0v) is 12.7. The van der Waals surface area contributed by atoms with Gasteiger partial charge in [0.25, 0.3) is 5.91 Å². The molecule has 4 nitrogen and oxygen atoms in total. The second-order valence-electron chi connectivity index (χ2n) is 6.19. The molecule has 1 unspecified atom stereocenters. The summed E-state index contributed by atoms with van der Waals surface area (Å²) in [4.78, 5) is 27.8. The van der Waals surface area contributed by atoms with Crippen LogP contribution in [-0.4, -0.2) is 36.3 Å². The summed E-state index contributed by atoms with van der Waals surface area (Å²) in [5.74, 6) is 0.905. The van der Waals surface area contributed by atoms with Crippen molar-refractivity contribution in [2.75, 3.05) is 18.5 Å². The maximum atomic E-state index is 12.5. The molecule has 1 aliphatic heterocycles. The third kappa shape index (κ3) is 2.80. The molecule has 2 fully saturated rings. The van der Waals surface area contributed by atoms with E-state index in [1.807, 2.05) is 36.2 Å². The van der Waals surface area contributed by atoms with Crippen LogP contribution in [0.1, 0.15) is 43.0 Å². The minimum atomic E-state index is 0.0636. The topological polar surface area (TPSA) is 40.6 Å². The van der Waals surface area contributed by atoms with Gasteiger partial charge in [0, 0.05) is 37.3 Å². The minimum absolute atomic E-state index is 0.0636. The highest BCUT2D eigenvalue weighted by atomic mass is 16.2. The van der Waals surface area contributed by atoms with E-state index < -0.39 is 0 Å². The molecular formula is C17H22N2O2. The lowest BCUT2D eigenvalue weighted by Gasteiger charge is -2.25. The lowest BCUT2D eigenvalue weighted by molar-refractivity contribution is -0.117. The number of hydrogen-bond acceptors (Lipinski definition) is 2. The van der Waals surface area contributed by atoms with Gasteiger partial charge in [-0.25, -0.2) is 0 Å². The van der Waals surface area contributed by atoms with E-state index in [4.69, 9.17) is 0 Å². The van der Waals surface area contributed by atoms with Crippen molar-refractivity contribution in [3.05, 3.63) is 29.8 Å². The van der Waals surface area contributed by atoms with Gasteiger partial charge in [0.15, 0.2) is 0 Å². The van der Waals surface area contributed by atoms with Gasteiger partial charge in [0.1, 0.15) is 0 Å². The van der Waals surface area contributed by atoms with Crippen LogP contribution in [0.25, 0.3) is 0 Å². The smallest absolute Gasteiger partial charge is 0.253 e. The molecule has 0 N–H and O–H groups in total. The molecule has 0 bridgehead atoms. The predicted molar refractivity (Wildman–Crippen MR) is 82.3 cm³/mol. The minimum Gasteiger partial charge on any atom is -0.339 e. The Labute approximate surface area is 125 Å². The maximum absolute atomic E-state index is 12.5. The number of rotatable bonds is 4. The second kappa shape index (κ2) is 5.51. The van der Waals surface area contributed by atoms with E-state index in [-0.39, 0.29) is 11.8 Å². The molecule has 4 heteroatoms. The fraction of sp³-hybridized carbons (Fsp3) is 0.529. The maximum Gasteiger partial charge on any atom is 0.253 e. The Morgan fingerprint density at radius 1 is 1.29 bits per heavy atom. The molecule has 0 aromatic heterocycles. The average Bonchev–Trinajstić information content (AvgIpc) is 3.27. The molecule has 1 heterocycles. The van der Waals surface area contributed by atoms with Gasteiger partial charge in [-0.2, -0.15) is 0 Å². The van der Waals surface area contributed by atoms with Gasteiger partial charge in [-0.1, -0.05) is 0 Å². The van der Waals surface area contributed by atoms with Crippen LogP contribution in [0.4, 0.5) is 5.69 Å². The second-order valence-corrected chi connectivity index (χ2v) is 6.19. The Balaban J connectivity index is 1.71. The first-order valence-electron chi connectivity index (χ1n) is 7.75. The third-order valence-corrected chi connectivity index (χ3v) is 4.73. The largest absolute Gasteiger partial charge is 0.339 e. The van der Waals surface area contributed by atoms with Gasteiger partial charge < -0.3 is 9.80 Å². The summed E-state index contributed by atoms with van der Waals surface area (Å²) in [7, 11) is 1.88. The van der Waals surface area contributed by atoms with E-state index >= 15 is 0 Å². The molecule has 21 heavy (non-hydrogen) atoms. The van der Waals surface area contributed by atoms with Crippen molar-refractivity contribution in [2.45, 2.75) is 38.6 Å². The van der Waals surface area contributed by atoms with Crippen LogP contribution in [0.2, 0.25) is 0 Å². The number of nitrogens with zero attached hydrogens (tertiary/aromatic N) is 2. The van der Waals surface area contributed by atoms with E-state index in [2.05, 4.69) is 6.92 Å². The monoisotopic (exact) mass is 286 g/mol. The molecular weight excluding hydrogens is 264 g/mol. The summed E-state index contributed by atoms with van der Waals surface area (Å²) in [5.41, 5.74) is 1.59. The number of anilines is 1. The van der Waals surface area contributed by atoms with Crippen LogP contribution in [0.3, 0.4) is 0 Å². The molecule has 1 aromatic rings. The first-order chi connectivity index (χ1) is 10.1. The molecule has 2 aliphatic rings. The van der Waals surface area contributed by atoms with Crippen LogP contribution < -0.4 is 4.90 Å². The van der Waals surface area contributed by atoms with Crippen molar-refractivity contribution in [1.29, 1.82) is 0 Å². The number of carbonyl (C=O) groups excluding carboxylic acids is 2. The molecule has 1 aliphatic carbocycles. The van der Waals surface area contributed by atoms with E-state index in [1.165, 1.54) is 12.8 Å². The van der Waals surface area contributed by atoms with Gasteiger partial charge in [-0.15, -0.1) is 0 Å². The fourth-order valence-corrected chi connectivity index (χ4v) is 2.99. The summed E-state index contributed by atoms with van der Waals surface area (Å²) < 4.78 is 0. The van der Waals surface area contributed by atoms with Crippen molar-refractivity contribution in [3.63, 3.8) is 0 Å². The normalized spacial score (nSPS) is 19.7. The average molecular weight is 286 g/mol. The van der Waals surface area contributed by atoms with Crippen LogP contribution in [0.5, 0.6) is 0 Å². The van der Waals surface area contributed by atoms with Crippen molar-refractivity contribution < 1.29 is 9.59 Å². The zero-order chi connectivity index (χ0) is 15.0. The quantitative estimate of drug-likeness (QED) is 0.854. The van der Waals surface area contributed by atoms with E-state index in [0.29, 0.717) is 23.9 Å². The molecule has 1 aromatic carbocycles. The molecule has 1 atom stereocenters. The molecule has 1 saturated carbocycles. The summed E-state index contributed by atoms with van der Waals surface area (Å²) in [6, 6.07) is 7.73. The number of amides is 2. The van der Waals surface area contributed by atoms with Crippen LogP contribution >= 0.6 is 0 Å². The number of carbonyl (C=O) groups is 2. The SMILES string of the molecule is CC(C1CC1)N(C)C(=O)c1ccc(N2CCCC2=O)cc1. The summed E-state index contributed by atoms with van der Waals surface area (Å²) in [6.45, 7) is 2.90. The molecule has 0 radical (unpaired) electrons. The van der Waals surface area contributed by atoms with Crippen molar-refractivity contribution >= 4 is 17.5 Å². The van der Waals surface area contributed by atoms with Crippen LogP contribution in [0.15, 0.2) is 24.3 Å². The van der Waals surface area contributed by atoms with Gasteiger partial charge in [0.2, 0.25) is 5.91 Å². The molecule has 3 rings (SSSR count). The number of benzene rings is 1. The highest BCUT2D eigenvalue weighted by molar-refractivity contribution is 5.97. The highest BCUT2D eigenvalue weighted by Gasteiger charge is 2.32. The van der Waals surface area contributed by atoms with Gasteiger partial charge in [-0.05, 0) is 56.4 Å². The predicted octanol–water partition coefficient (Wildman–Crippen LogP) is 2.68. The fourth-order valence-electron chi connectivity index (χ4n) is 2.99. The van der Waals surface area contributed by atoms with Gasteiger partial charge in [-0.3, -0.25) is 9.59 Å². The first kappa shape index (κ1) is 14.1. The van der Waals surface area contributed by atoms with Crippen LogP contribution in [0, 0.1) is 5.92 Å². The lowest BCUT2D eigenvalue weighted by atomic mass is 10.1. The Hall–Kier alpha value is -1.84. The molecule has 1 saturated heterocycles. The van der Waals surface area contributed by atoms with Crippen molar-refractivity contribution in [2.24, 2.45) is 5.92 Å². The van der Waals surface area contributed by atoms with E-state index in [1.54, 1.807) is 4.90 Å². The van der Waals surface area contributed by atoms with E-state index in [0.717, 1.165) is 18.7 Å². The van der Waals surface area contributed by atoms with Crippen LogP contribution in [-0.2, 0) is 4.79 Å². The van der Waals surface area contributed by atoms with Crippen molar-refractivity contribution in [1.82, 2.24) is 4.90 Å². The van der Waals surface area contributed by atoms with Gasteiger partial charge in [0.05, 0.1) is 0 Å². The van der Waals surface area contributed by atoms with E-state index in [9.17, 15) is 9.59 Å².